The number of hydrogen-bond acceptors (Lipinski definition) is 2. The van der Waals surface area contributed by atoms with Crippen LogP contribution in [0.3, 0.4) is 0 Å². The van der Waals surface area contributed by atoms with Crippen molar-refractivity contribution in [2.24, 2.45) is 11.8 Å². The summed E-state index contributed by atoms with van der Waals surface area (Å²) in [6.45, 7) is 6.16. The predicted molar refractivity (Wildman–Crippen MR) is 74.9 cm³/mol. The lowest BCUT2D eigenvalue weighted by Gasteiger charge is -2.35. The lowest BCUT2D eigenvalue weighted by Crippen LogP contribution is -2.42. The lowest BCUT2D eigenvalue weighted by molar-refractivity contribution is 0.0623. The van der Waals surface area contributed by atoms with Gasteiger partial charge < -0.3 is 4.90 Å². The summed E-state index contributed by atoms with van der Waals surface area (Å²) in [5.41, 5.74) is 1.67. The molecule has 4 nitrogen and oxygen atoms in total. The van der Waals surface area contributed by atoms with Crippen LogP contribution in [-0.2, 0) is 0 Å². The number of rotatable bonds is 1. The molecule has 0 saturated carbocycles. The molecule has 0 radical (unpaired) electrons. The van der Waals surface area contributed by atoms with Crippen LogP contribution in [-0.4, -0.2) is 34.1 Å². The SMILES string of the molecule is CC1CC(C)CN(C(=O)c2ccc3cn[nH]c3c2)C1. The van der Waals surface area contributed by atoms with Crippen molar-refractivity contribution >= 4 is 16.8 Å². The number of likely N-dealkylation sites (tertiary alicyclic amines) is 1. The Morgan fingerprint density at radius 2 is 2.05 bits per heavy atom. The predicted octanol–water partition coefficient (Wildman–Crippen LogP) is 2.68. The Balaban J connectivity index is 1.86. The summed E-state index contributed by atoms with van der Waals surface area (Å²) in [5, 5.41) is 7.94. The molecular weight excluding hydrogens is 238 g/mol. The minimum Gasteiger partial charge on any atom is -0.338 e. The molecule has 1 saturated heterocycles. The summed E-state index contributed by atoms with van der Waals surface area (Å²) < 4.78 is 0. The molecule has 1 aromatic heterocycles. The molecular formula is C15H19N3O. The number of aromatic nitrogens is 2. The molecule has 2 heterocycles. The topological polar surface area (TPSA) is 49.0 Å². The first-order valence-corrected chi connectivity index (χ1v) is 6.86. The molecule has 0 aliphatic carbocycles. The minimum atomic E-state index is 0.134. The molecule has 2 atom stereocenters. The lowest BCUT2D eigenvalue weighted by atomic mass is 9.91. The summed E-state index contributed by atoms with van der Waals surface area (Å²) in [6, 6.07) is 5.74. The van der Waals surface area contributed by atoms with Gasteiger partial charge in [-0.2, -0.15) is 5.10 Å². The third kappa shape index (κ3) is 2.35. The number of fused-ring (bicyclic) bond motifs is 1. The van der Waals surface area contributed by atoms with E-state index in [9.17, 15) is 4.79 Å². The van der Waals surface area contributed by atoms with E-state index in [2.05, 4.69) is 24.0 Å². The Bertz CT molecular complexity index is 594. The summed E-state index contributed by atoms with van der Waals surface area (Å²) in [7, 11) is 0. The molecule has 1 aromatic carbocycles. The molecule has 19 heavy (non-hydrogen) atoms. The standard InChI is InChI=1S/C15H19N3O/c1-10-5-11(2)9-18(8-10)15(19)12-3-4-13-7-16-17-14(13)6-12/h3-4,6-7,10-11H,5,8-9H2,1-2H3,(H,16,17). The first-order chi connectivity index (χ1) is 9.13. The number of hydrogen-bond donors (Lipinski definition) is 1. The second-order valence-corrected chi connectivity index (χ2v) is 5.83. The van der Waals surface area contributed by atoms with Gasteiger partial charge in [0.15, 0.2) is 0 Å². The van der Waals surface area contributed by atoms with Crippen LogP contribution in [0.25, 0.3) is 10.9 Å². The van der Waals surface area contributed by atoms with Crippen LogP contribution >= 0.6 is 0 Å². The average molecular weight is 257 g/mol. The monoisotopic (exact) mass is 257 g/mol. The summed E-state index contributed by atoms with van der Waals surface area (Å²) >= 11 is 0. The van der Waals surface area contributed by atoms with E-state index in [1.54, 1.807) is 6.20 Å². The third-order valence-electron chi connectivity index (χ3n) is 3.84. The number of nitrogens with one attached hydrogen (secondary N) is 1. The molecule has 1 fully saturated rings. The van der Waals surface area contributed by atoms with Crippen LogP contribution in [0.4, 0.5) is 0 Å². The Morgan fingerprint density at radius 3 is 2.79 bits per heavy atom. The first kappa shape index (κ1) is 12.2. The van der Waals surface area contributed by atoms with E-state index < -0.39 is 0 Å². The van der Waals surface area contributed by atoms with Gasteiger partial charge in [0.05, 0.1) is 11.7 Å². The van der Waals surface area contributed by atoms with E-state index in [0.29, 0.717) is 11.8 Å². The van der Waals surface area contributed by atoms with Crippen LogP contribution in [0.2, 0.25) is 0 Å². The highest BCUT2D eigenvalue weighted by atomic mass is 16.2. The fraction of sp³-hybridized carbons (Fsp3) is 0.467. The number of aromatic amines is 1. The van der Waals surface area contributed by atoms with E-state index in [1.807, 2.05) is 23.1 Å². The van der Waals surface area contributed by atoms with E-state index in [0.717, 1.165) is 29.6 Å². The number of H-pyrrole nitrogens is 1. The Labute approximate surface area is 112 Å². The van der Waals surface area contributed by atoms with E-state index in [4.69, 9.17) is 0 Å². The van der Waals surface area contributed by atoms with E-state index in [-0.39, 0.29) is 5.91 Å². The summed E-state index contributed by atoms with van der Waals surface area (Å²) in [4.78, 5) is 14.5. The smallest absolute Gasteiger partial charge is 0.253 e. The van der Waals surface area contributed by atoms with Gasteiger partial charge in [-0.25, -0.2) is 0 Å². The molecule has 1 N–H and O–H groups in total. The highest BCUT2D eigenvalue weighted by Crippen LogP contribution is 2.23. The summed E-state index contributed by atoms with van der Waals surface area (Å²) in [6.07, 6.45) is 2.98. The maximum absolute atomic E-state index is 12.5. The maximum Gasteiger partial charge on any atom is 0.253 e. The molecule has 1 amide bonds. The van der Waals surface area contributed by atoms with Crippen molar-refractivity contribution in [1.82, 2.24) is 15.1 Å². The van der Waals surface area contributed by atoms with E-state index >= 15 is 0 Å². The van der Waals surface area contributed by atoms with Crippen molar-refractivity contribution in [2.45, 2.75) is 20.3 Å². The van der Waals surface area contributed by atoms with Gasteiger partial charge in [0.25, 0.3) is 5.91 Å². The van der Waals surface area contributed by atoms with E-state index in [1.165, 1.54) is 6.42 Å². The van der Waals surface area contributed by atoms with Crippen molar-refractivity contribution in [2.75, 3.05) is 13.1 Å². The van der Waals surface area contributed by atoms with Crippen LogP contribution in [0.5, 0.6) is 0 Å². The number of amides is 1. The molecule has 0 bridgehead atoms. The number of nitrogens with zero attached hydrogens (tertiary/aromatic N) is 2. The molecule has 4 heteroatoms. The molecule has 3 rings (SSSR count). The fourth-order valence-corrected chi connectivity index (χ4v) is 3.08. The van der Waals surface area contributed by atoms with Gasteiger partial charge in [-0.1, -0.05) is 19.9 Å². The van der Waals surface area contributed by atoms with Crippen molar-refractivity contribution in [3.8, 4) is 0 Å². The van der Waals surface area contributed by atoms with Gasteiger partial charge in [0, 0.05) is 24.0 Å². The van der Waals surface area contributed by atoms with Gasteiger partial charge in [-0.15, -0.1) is 0 Å². The van der Waals surface area contributed by atoms with Crippen molar-refractivity contribution in [1.29, 1.82) is 0 Å². The van der Waals surface area contributed by atoms with Gasteiger partial charge in [-0.05, 0) is 30.4 Å². The molecule has 0 spiro atoms. The molecule has 1 aliphatic rings. The second kappa shape index (κ2) is 4.68. The first-order valence-electron chi connectivity index (χ1n) is 6.86. The zero-order chi connectivity index (χ0) is 13.4. The van der Waals surface area contributed by atoms with Crippen LogP contribution in [0.15, 0.2) is 24.4 Å². The minimum absolute atomic E-state index is 0.134. The van der Waals surface area contributed by atoms with Gasteiger partial charge in [-0.3, -0.25) is 9.89 Å². The number of carbonyl (C=O) groups is 1. The average Bonchev–Trinajstić information content (AvgIpc) is 2.83. The van der Waals surface area contributed by atoms with Crippen molar-refractivity contribution in [3.63, 3.8) is 0 Å². The summed E-state index contributed by atoms with van der Waals surface area (Å²) in [5.74, 6) is 1.31. The second-order valence-electron chi connectivity index (χ2n) is 5.83. The normalized spacial score (nSPS) is 23.8. The fourth-order valence-electron chi connectivity index (χ4n) is 3.08. The van der Waals surface area contributed by atoms with Gasteiger partial charge in [0.1, 0.15) is 0 Å². The van der Waals surface area contributed by atoms with Crippen LogP contribution in [0.1, 0.15) is 30.6 Å². The largest absolute Gasteiger partial charge is 0.338 e. The Morgan fingerprint density at radius 1 is 1.32 bits per heavy atom. The number of carbonyl (C=O) groups excluding carboxylic acids is 1. The highest BCUT2D eigenvalue weighted by molar-refractivity contribution is 5.97. The molecule has 2 aromatic rings. The van der Waals surface area contributed by atoms with Crippen molar-refractivity contribution < 1.29 is 4.79 Å². The zero-order valence-corrected chi connectivity index (χ0v) is 11.4. The number of piperidine rings is 1. The maximum atomic E-state index is 12.5. The Kier molecular flexibility index (Phi) is 3.01. The van der Waals surface area contributed by atoms with Gasteiger partial charge >= 0.3 is 0 Å². The Hall–Kier alpha value is -1.84. The highest BCUT2D eigenvalue weighted by Gasteiger charge is 2.26. The van der Waals surface area contributed by atoms with Crippen LogP contribution in [0, 0.1) is 11.8 Å². The molecule has 2 unspecified atom stereocenters. The van der Waals surface area contributed by atoms with Crippen molar-refractivity contribution in [3.05, 3.63) is 30.0 Å². The van der Waals surface area contributed by atoms with Crippen LogP contribution < -0.4 is 0 Å². The molecule has 100 valence electrons. The van der Waals surface area contributed by atoms with Gasteiger partial charge in [0.2, 0.25) is 0 Å². The molecule has 1 aliphatic heterocycles. The third-order valence-corrected chi connectivity index (χ3v) is 3.84. The zero-order valence-electron chi connectivity index (χ0n) is 11.4. The number of benzene rings is 1. The quantitative estimate of drug-likeness (QED) is 0.854.